The summed E-state index contributed by atoms with van der Waals surface area (Å²) in [6.07, 6.45) is 3.48. The molecule has 4 nitrogen and oxygen atoms in total. The van der Waals surface area contributed by atoms with Gasteiger partial charge in [0.25, 0.3) is 0 Å². The third-order valence-electron chi connectivity index (χ3n) is 3.14. The van der Waals surface area contributed by atoms with Gasteiger partial charge in [0.15, 0.2) is 0 Å². The first-order chi connectivity index (χ1) is 9.69. The Kier molecular flexibility index (Phi) is 3.17. The third kappa shape index (κ3) is 2.15. The highest BCUT2D eigenvalue weighted by atomic mass is 79.9. The highest BCUT2D eigenvalue weighted by Gasteiger charge is 2.11. The van der Waals surface area contributed by atoms with Crippen molar-refractivity contribution in [3.05, 3.63) is 52.4 Å². The summed E-state index contributed by atoms with van der Waals surface area (Å²) >= 11 is 3.49. The van der Waals surface area contributed by atoms with Crippen LogP contribution < -0.4 is 5.32 Å². The molecule has 1 aromatic carbocycles. The molecular weight excluding hydrogens is 316 g/mol. The van der Waals surface area contributed by atoms with Crippen molar-refractivity contribution in [1.29, 1.82) is 5.26 Å². The molecule has 0 saturated heterocycles. The maximum Gasteiger partial charge on any atom is 0.103 e. The molecule has 0 amide bonds. The van der Waals surface area contributed by atoms with Crippen LogP contribution in [-0.4, -0.2) is 9.97 Å². The quantitative estimate of drug-likeness (QED) is 0.739. The van der Waals surface area contributed by atoms with E-state index in [1.807, 2.05) is 37.4 Å². The number of anilines is 2. The van der Waals surface area contributed by atoms with Crippen molar-refractivity contribution in [2.75, 3.05) is 5.32 Å². The predicted octanol–water partition coefficient (Wildman–Crippen LogP) is 4.25. The van der Waals surface area contributed by atoms with Gasteiger partial charge in [-0.3, -0.25) is 4.98 Å². The van der Waals surface area contributed by atoms with E-state index in [0.717, 1.165) is 32.4 Å². The lowest BCUT2D eigenvalue weighted by atomic mass is 10.2. The fourth-order valence-electron chi connectivity index (χ4n) is 2.06. The van der Waals surface area contributed by atoms with Gasteiger partial charge in [0.1, 0.15) is 6.07 Å². The monoisotopic (exact) mass is 326 g/mol. The van der Waals surface area contributed by atoms with Crippen molar-refractivity contribution >= 4 is 38.2 Å². The Morgan fingerprint density at radius 1 is 1.35 bits per heavy atom. The molecule has 2 heterocycles. The van der Waals surface area contributed by atoms with E-state index in [9.17, 15) is 5.26 Å². The number of rotatable bonds is 2. The zero-order valence-electron chi connectivity index (χ0n) is 10.7. The zero-order chi connectivity index (χ0) is 14.1. The Balaban J connectivity index is 2.06. The van der Waals surface area contributed by atoms with E-state index in [-0.39, 0.29) is 0 Å². The first kappa shape index (κ1) is 12.7. The SMILES string of the molecule is Cc1ncc(C#N)c(Nc2ccc3cc[nH]c3c2)c1Br. The summed E-state index contributed by atoms with van der Waals surface area (Å²) in [6.45, 7) is 1.89. The molecule has 0 aliphatic rings. The maximum atomic E-state index is 9.19. The molecule has 0 atom stereocenters. The Morgan fingerprint density at radius 3 is 3.00 bits per heavy atom. The van der Waals surface area contributed by atoms with Crippen LogP contribution >= 0.6 is 15.9 Å². The van der Waals surface area contributed by atoms with Crippen LogP contribution in [0.1, 0.15) is 11.3 Å². The summed E-state index contributed by atoms with van der Waals surface area (Å²) in [5.74, 6) is 0. The van der Waals surface area contributed by atoms with E-state index in [4.69, 9.17) is 0 Å². The lowest BCUT2D eigenvalue weighted by molar-refractivity contribution is 1.17. The van der Waals surface area contributed by atoms with E-state index in [2.05, 4.69) is 37.3 Å². The summed E-state index contributed by atoms with van der Waals surface area (Å²) in [7, 11) is 0. The summed E-state index contributed by atoms with van der Waals surface area (Å²) < 4.78 is 0.808. The molecule has 0 saturated carbocycles. The molecule has 5 heteroatoms. The summed E-state index contributed by atoms with van der Waals surface area (Å²) in [4.78, 5) is 7.35. The number of benzene rings is 1. The van der Waals surface area contributed by atoms with Crippen LogP contribution in [0.2, 0.25) is 0 Å². The number of hydrogen-bond donors (Lipinski definition) is 2. The zero-order valence-corrected chi connectivity index (χ0v) is 12.3. The van der Waals surface area contributed by atoms with Gasteiger partial charge in [0.05, 0.1) is 21.4 Å². The van der Waals surface area contributed by atoms with Crippen LogP contribution in [-0.2, 0) is 0 Å². The largest absolute Gasteiger partial charge is 0.361 e. The van der Waals surface area contributed by atoms with E-state index in [1.165, 1.54) is 0 Å². The number of nitrogens with one attached hydrogen (secondary N) is 2. The van der Waals surface area contributed by atoms with Gasteiger partial charge < -0.3 is 10.3 Å². The Labute approximate surface area is 124 Å². The van der Waals surface area contributed by atoms with Gasteiger partial charge in [-0.25, -0.2) is 0 Å². The second kappa shape index (κ2) is 4.99. The fourth-order valence-corrected chi connectivity index (χ4v) is 2.47. The Morgan fingerprint density at radius 2 is 2.20 bits per heavy atom. The van der Waals surface area contributed by atoms with Crippen molar-refractivity contribution < 1.29 is 0 Å². The molecule has 0 bridgehead atoms. The van der Waals surface area contributed by atoms with Crippen LogP contribution in [0.4, 0.5) is 11.4 Å². The van der Waals surface area contributed by atoms with Crippen LogP contribution in [0.15, 0.2) is 41.1 Å². The minimum Gasteiger partial charge on any atom is -0.361 e. The molecular formula is C15H11BrN4. The Hall–Kier alpha value is -2.32. The Bertz CT molecular complexity index is 829. The molecule has 2 aromatic heterocycles. The molecule has 3 rings (SSSR count). The van der Waals surface area contributed by atoms with Crippen molar-refractivity contribution in [3.8, 4) is 6.07 Å². The third-order valence-corrected chi connectivity index (χ3v) is 4.11. The summed E-state index contributed by atoms with van der Waals surface area (Å²) in [5.41, 5.74) is 4.06. The van der Waals surface area contributed by atoms with Crippen molar-refractivity contribution in [2.45, 2.75) is 6.92 Å². The van der Waals surface area contributed by atoms with Gasteiger partial charge in [0.2, 0.25) is 0 Å². The van der Waals surface area contributed by atoms with E-state index in [1.54, 1.807) is 6.20 Å². The number of pyridine rings is 1. The smallest absolute Gasteiger partial charge is 0.103 e. The number of halogens is 1. The van der Waals surface area contributed by atoms with Gasteiger partial charge in [-0.2, -0.15) is 5.26 Å². The molecule has 0 fully saturated rings. The first-order valence-electron chi connectivity index (χ1n) is 6.08. The molecule has 20 heavy (non-hydrogen) atoms. The second-order valence-electron chi connectivity index (χ2n) is 4.46. The molecule has 3 aromatic rings. The molecule has 98 valence electrons. The molecule has 0 unspecified atom stereocenters. The van der Waals surface area contributed by atoms with E-state index < -0.39 is 0 Å². The molecule has 2 N–H and O–H groups in total. The normalized spacial score (nSPS) is 10.4. The van der Waals surface area contributed by atoms with Gasteiger partial charge >= 0.3 is 0 Å². The minimum absolute atomic E-state index is 0.508. The van der Waals surface area contributed by atoms with Gasteiger partial charge in [-0.15, -0.1) is 0 Å². The lowest BCUT2D eigenvalue weighted by Crippen LogP contribution is -1.98. The summed E-state index contributed by atoms with van der Waals surface area (Å²) in [6, 6.07) is 10.2. The number of aromatic amines is 1. The van der Waals surface area contributed by atoms with Crippen LogP contribution in [0.5, 0.6) is 0 Å². The number of aryl methyl sites for hydroxylation is 1. The van der Waals surface area contributed by atoms with Crippen molar-refractivity contribution in [2.24, 2.45) is 0 Å². The minimum atomic E-state index is 0.508. The van der Waals surface area contributed by atoms with Gasteiger partial charge in [-0.1, -0.05) is 6.07 Å². The number of H-pyrrole nitrogens is 1. The lowest BCUT2D eigenvalue weighted by Gasteiger charge is -2.11. The van der Waals surface area contributed by atoms with Crippen molar-refractivity contribution in [1.82, 2.24) is 9.97 Å². The summed E-state index contributed by atoms with van der Waals surface area (Å²) in [5, 5.41) is 13.6. The number of nitriles is 1. The fraction of sp³-hybridized carbons (Fsp3) is 0.0667. The highest BCUT2D eigenvalue weighted by Crippen LogP contribution is 2.31. The highest BCUT2D eigenvalue weighted by molar-refractivity contribution is 9.10. The van der Waals surface area contributed by atoms with Crippen LogP contribution in [0, 0.1) is 18.3 Å². The van der Waals surface area contributed by atoms with Crippen molar-refractivity contribution in [3.63, 3.8) is 0 Å². The molecule has 0 radical (unpaired) electrons. The number of hydrogen-bond acceptors (Lipinski definition) is 3. The van der Waals surface area contributed by atoms with E-state index in [0.29, 0.717) is 5.56 Å². The average molecular weight is 327 g/mol. The number of aromatic nitrogens is 2. The predicted molar refractivity (Wildman–Crippen MR) is 83.0 cm³/mol. The number of nitrogens with zero attached hydrogens (tertiary/aromatic N) is 2. The van der Waals surface area contributed by atoms with Crippen LogP contribution in [0.25, 0.3) is 10.9 Å². The standard InChI is InChI=1S/C15H11BrN4/c1-9-14(16)15(11(7-17)8-19-9)20-12-3-2-10-4-5-18-13(10)6-12/h2-6,8,18H,1H3,(H,19,20). The first-order valence-corrected chi connectivity index (χ1v) is 6.87. The second-order valence-corrected chi connectivity index (χ2v) is 5.26. The average Bonchev–Trinajstić information content (AvgIpc) is 2.92. The molecule has 0 aliphatic heterocycles. The van der Waals surface area contributed by atoms with Gasteiger partial charge in [0, 0.05) is 23.6 Å². The maximum absolute atomic E-state index is 9.19. The van der Waals surface area contributed by atoms with Crippen LogP contribution in [0.3, 0.4) is 0 Å². The van der Waals surface area contributed by atoms with E-state index >= 15 is 0 Å². The topological polar surface area (TPSA) is 64.5 Å². The number of fused-ring (bicyclic) bond motifs is 1. The molecule has 0 spiro atoms. The molecule has 0 aliphatic carbocycles. The van der Waals surface area contributed by atoms with Gasteiger partial charge in [-0.05, 0) is 46.4 Å².